The highest BCUT2D eigenvalue weighted by molar-refractivity contribution is 14.1. The molecule has 1 amide bonds. The zero-order chi connectivity index (χ0) is 15.4. The van der Waals surface area contributed by atoms with E-state index in [0.717, 1.165) is 22.0 Å². The minimum atomic E-state index is -0.191. The molecule has 1 aliphatic carbocycles. The summed E-state index contributed by atoms with van der Waals surface area (Å²) in [5, 5.41) is 3.06. The van der Waals surface area contributed by atoms with Crippen LogP contribution < -0.4 is 11.1 Å². The van der Waals surface area contributed by atoms with Crippen LogP contribution in [0.5, 0.6) is 0 Å². The molecule has 1 atom stereocenters. The van der Waals surface area contributed by atoms with Crippen molar-refractivity contribution in [1.82, 2.24) is 5.32 Å². The first kappa shape index (κ1) is 16.7. The van der Waals surface area contributed by atoms with Gasteiger partial charge in [0, 0.05) is 3.57 Å². The summed E-state index contributed by atoms with van der Waals surface area (Å²) >= 11 is 7.40. The minimum absolute atomic E-state index is 0.0773. The molecular formula is C16H21IN2OS. The summed E-state index contributed by atoms with van der Waals surface area (Å²) in [4.78, 5) is 12.9. The van der Waals surface area contributed by atoms with E-state index < -0.39 is 0 Å². The molecule has 0 aromatic heterocycles. The predicted molar refractivity (Wildman–Crippen MR) is 98.5 cm³/mol. The first-order valence-electron chi connectivity index (χ1n) is 7.36. The molecule has 0 saturated heterocycles. The Morgan fingerprint density at radius 3 is 2.67 bits per heavy atom. The molecule has 0 heterocycles. The number of hydrogen-bond donors (Lipinski definition) is 2. The molecule has 1 aromatic rings. The van der Waals surface area contributed by atoms with Crippen LogP contribution in [0.2, 0.25) is 0 Å². The van der Waals surface area contributed by atoms with E-state index in [-0.39, 0.29) is 11.9 Å². The molecule has 0 bridgehead atoms. The standard InChI is InChI=1S/C16H21IN2OS/c1-10-6-5-9-12(13(10)17)16(20)19-14(15(18)21)11-7-3-2-4-8-11/h5-6,9,11,14H,2-4,7-8H2,1H3,(H2,18,21)(H,19,20). The SMILES string of the molecule is Cc1cccc(C(=O)NC(C(N)=S)C2CCCCC2)c1I. The summed E-state index contributed by atoms with van der Waals surface area (Å²) in [7, 11) is 0. The maximum Gasteiger partial charge on any atom is 0.252 e. The number of benzene rings is 1. The van der Waals surface area contributed by atoms with Gasteiger partial charge in [0.25, 0.3) is 5.91 Å². The number of hydrogen-bond acceptors (Lipinski definition) is 2. The van der Waals surface area contributed by atoms with Gasteiger partial charge in [-0.15, -0.1) is 0 Å². The molecule has 3 nitrogen and oxygen atoms in total. The van der Waals surface area contributed by atoms with Crippen molar-refractivity contribution in [2.24, 2.45) is 11.7 Å². The van der Waals surface area contributed by atoms with Crippen molar-refractivity contribution >= 4 is 45.7 Å². The summed E-state index contributed by atoms with van der Waals surface area (Å²) in [6, 6.07) is 5.57. The van der Waals surface area contributed by atoms with E-state index >= 15 is 0 Å². The van der Waals surface area contributed by atoms with Gasteiger partial charge in [-0.05, 0) is 59.9 Å². The number of aryl methyl sites for hydroxylation is 1. The molecule has 1 aliphatic rings. The Hall–Kier alpha value is -0.690. The highest BCUT2D eigenvalue weighted by Gasteiger charge is 2.28. The summed E-state index contributed by atoms with van der Waals surface area (Å²) in [6.07, 6.45) is 5.84. The van der Waals surface area contributed by atoms with Crippen LogP contribution in [0, 0.1) is 16.4 Å². The minimum Gasteiger partial charge on any atom is -0.392 e. The van der Waals surface area contributed by atoms with Crippen molar-refractivity contribution in [2.45, 2.75) is 45.1 Å². The Morgan fingerprint density at radius 2 is 2.05 bits per heavy atom. The van der Waals surface area contributed by atoms with Crippen LogP contribution in [0.4, 0.5) is 0 Å². The summed E-state index contributed by atoms with van der Waals surface area (Å²) < 4.78 is 0.984. The van der Waals surface area contributed by atoms with Crippen molar-refractivity contribution in [2.75, 3.05) is 0 Å². The fourth-order valence-electron chi connectivity index (χ4n) is 2.93. The van der Waals surface area contributed by atoms with E-state index in [1.807, 2.05) is 25.1 Å². The van der Waals surface area contributed by atoms with Crippen molar-refractivity contribution < 1.29 is 4.79 Å². The molecule has 1 fully saturated rings. The third kappa shape index (κ3) is 4.16. The molecule has 114 valence electrons. The van der Waals surface area contributed by atoms with Gasteiger partial charge in [0.15, 0.2) is 0 Å². The smallest absolute Gasteiger partial charge is 0.252 e. The van der Waals surface area contributed by atoms with Crippen LogP contribution in [0.1, 0.15) is 48.0 Å². The molecule has 2 rings (SSSR count). The topological polar surface area (TPSA) is 55.1 Å². The molecular weight excluding hydrogens is 395 g/mol. The van der Waals surface area contributed by atoms with Crippen molar-refractivity contribution in [3.05, 3.63) is 32.9 Å². The van der Waals surface area contributed by atoms with Gasteiger partial charge in [0.2, 0.25) is 0 Å². The second-order valence-corrected chi connectivity index (χ2v) is 7.24. The Labute approximate surface area is 145 Å². The third-order valence-electron chi connectivity index (χ3n) is 4.15. The summed E-state index contributed by atoms with van der Waals surface area (Å²) in [5.41, 5.74) is 7.68. The van der Waals surface area contributed by atoms with Crippen LogP contribution in [-0.2, 0) is 0 Å². The van der Waals surface area contributed by atoms with Crippen LogP contribution in [0.3, 0.4) is 0 Å². The van der Waals surface area contributed by atoms with Crippen molar-refractivity contribution in [3.8, 4) is 0 Å². The van der Waals surface area contributed by atoms with Crippen LogP contribution in [0.25, 0.3) is 0 Å². The fourth-order valence-corrected chi connectivity index (χ4v) is 3.79. The summed E-state index contributed by atoms with van der Waals surface area (Å²) in [5.74, 6) is 0.300. The Kier molecular flexibility index (Phi) is 5.98. The van der Waals surface area contributed by atoms with Gasteiger partial charge in [-0.2, -0.15) is 0 Å². The molecule has 21 heavy (non-hydrogen) atoms. The third-order valence-corrected chi connectivity index (χ3v) is 5.84. The monoisotopic (exact) mass is 416 g/mol. The number of nitrogens with one attached hydrogen (secondary N) is 1. The lowest BCUT2D eigenvalue weighted by Gasteiger charge is -2.30. The molecule has 0 spiro atoms. The van der Waals surface area contributed by atoms with E-state index in [0.29, 0.717) is 16.5 Å². The van der Waals surface area contributed by atoms with Gasteiger partial charge in [-0.3, -0.25) is 4.79 Å². The van der Waals surface area contributed by atoms with Gasteiger partial charge in [0.05, 0.1) is 16.6 Å². The zero-order valence-corrected chi connectivity index (χ0v) is 15.2. The maximum absolute atomic E-state index is 12.5. The molecule has 0 radical (unpaired) electrons. The van der Waals surface area contributed by atoms with Crippen LogP contribution in [0.15, 0.2) is 18.2 Å². The number of carbonyl (C=O) groups is 1. The fraction of sp³-hybridized carbons (Fsp3) is 0.500. The molecule has 1 aromatic carbocycles. The van der Waals surface area contributed by atoms with Gasteiger partial charge < -0.3 is 11.1 Å². The zero-order valence-electron chi connectivity index (χ0n) is 12.2. The lowest BCUT2D eigenvalue weighted by molar-refractivity contribution is 0.0931. The van der Waals surface area contributed by atoms with E-state index in [9.17, 15) is 4.79 Å². The van der Waals surface area contributed by atoms with Gasteiger partial charge in [0.1, 0.15) is 0 Å². The van der Waals surface area contributed by atoms with Crippen LogP contribution in [-0.4, -0.2) is 16.9 Å². The summed E-state index contributed by atoms with van der Waals surface area (Å²) in [6.45, 7) is 2.00. The normalized spacial score (nSPS) is 17.2. The van der Waals surface area contributed by atoms with Gasteiger partial charge in [-0.1, -0.05) is 43.6 Å². The number of thiocarbonyl (C=S) groups is 1. The second-order valence-electron chi connectivity index (χ2n) is 5.69. The highest BCUT2D eigenvalue weighted by Crippen LogP contribution is 2.27. The number of nitrogens with two attached hydrogens (primary N) is 1. The number of carbonyl (C=O) groups excluding carboxylic acids is 1. The van der Waals surface area contributed by atoms with E-state index in [2.05, 4.69) is 27.9 Å². The van der Waals surface area contributed by atoms with E-state index in [1.165, 1.54) is 19.3 Å². The van der Waals surface area contributed by atoms with Gasteiger partial charge >= 0.3 is 0 Å². The average molecular weight is 416 g/mol. The largest absolute Gasteiger partial charge is 0.392 e. The van der Waals surface area contributed by atoms with Crippen molar-refractivity contribution in [3.63, 3.8) is 0 Å². The Bertz CT molecular complexity index is 541. The second kappa shape index (κ2) is 7.54. The maximum atomic E-state index is 12.5. The molecule has 3 N–H and O–H groups in total. The van der Waals surface area contributed by atoms with E-state index in [1.54, 1.807) is 0 Å². The predicted octanol–water partition coefficient (Wildman–Crippen LogP) is 3.56. The number of halogens is 1. The van der Waals surface area contributed by atoms with Crippen LogP contribution >= 0.6 is 34.8 Å². The number of rotatable bonds is 4. The quantitative estimate of drug-likeness (QED) is 0.583. The van der Waals surface area contributed by atoms with Gasteiger partial charge in [-0.25, -0.2) is 0 Å². The first-order chi connectivity index (χ1) is 10.0. The first-order valence-corrected chi connectivity index (χ1v) is 8.84. The molecule has 1 unspecified atom stereocenters. The highest BCUT2D eigenvalue weighted by atomic mass is 127. The molecule has 0 aliphatic heterocycles. The molecule has 1 saturated carbocycles. The van der Waals surface area contributed by atoms with E-state index in [4.69, 9.17) is 18.0 Å². The lowest BCUT2D eigenvalue weighted by atomic mass is 9.83. The molecule has 5 heteroatoms. The number of amides is 1. The lowest BCUT2D eigenvalue weighted by Crippen LogP contribution is -2.49. The Balaban J connectivity index is 2.14. The Morgan fingerprint density at radius 1 is 1.38 bits per heavy atom. The average Bonchev–Trinajstić information content (AvgIpc) is 2.48. The van der Waals surface area contributed by atoms with Crippen molar-refractivity contribution in [1.29, 1.82) is 0 Å².